The first kappa shape index (κ1) is 13.7. The second kappa shape index (κ2) is 7.81. The van der Waals surface area contributed by atoms with Gasteiger partial charge in [0.05, 0.1) is 6.54 Å². The van der Waals surface area contributed by atoms with Crippen LogP contribution in [-0.2, 0) is 4.74 Å². The predicted octanol–water partition coefficient (Wildman–Crippen LogP) is 1.47. The summed E-state index contributed by atoms with van der Waals surface area (Å²) < 4.78 is 5.20. The minimum absolute atomic E-state index is 0.0846. The van der Waals surface area contributed by atoms with Crippen LogP contribution in [0.25, 0.3) is 0 Å². The van der Waals surface area contributed by atoms with Crippen molar-refractivity contribution in [3.8, 4) is 0 Å². The van der Waals surface area contributed by atoms with Gasteiger partial charge in [-0.3, -0.25) is 4.79 Å². The molecular formula is C13H20N2O2. The standard InChI is InChI=1S/C13H20N2O2/c1-2-17-9-3-8-15-10-13(16)11-4-6-12(14)7-5-11/h4-7,15H,2-3,8-10,14H2,1H3. The van der Waals surface area contributed by atoms with Gasteiger partial charge < -0.3 is 15.8 Å². The summed E-state index contributed by atoms with van der Waals surface area (Å²) in [5, 5.41) is 3.10. The molecule has 0 bridgehead atoms. The number of carbonyl (C=O) groups excluding carboxylic acids is 1. The second-order valence-corrected chi connectivity index (χ2v) is 3.77. The highest BCUT2D eigenvalue weighted by molar-refractivity contribution is 5.97. The molecule has 4 heteroatoms. The van der Waals surface area contributed by atoms with Crippen molar-refractivity contribution in [3.05, 3.63) is 29.8 Å². The van der Waals surface area contributed by atoms with Crippen LogP contribution in [0.4, 0.5) is 5.69 Å². The largest absolute Gasteiger partial charge is 0.399 e. The average molecular weight is 236 g/mol. The fourth-order valence-electron chi connectivity index (χ4n) is 1.42. The summed E-state index contributed by atoms with van der Waals surface area (Å²) >= 11 is 0. The number of ether oxygens (including phenoxy) is 1. The number of nitrogen functional groups attached to an aromatic ring is 1. The van der Waals surface area contributed by atoms with E-state index in [0.29, 0.717) is 17.8 Å². The lowest BCUT2D eigenvalue weighted by Crippen LogP contribution is -2.24. The smallest absolute Gasteiger partial charge is 0.176 e. The lowest BCUT2D eigenvalue weighted by molar-refractivity contribution is 0.0988. The van der Waals surface area contributed by atoms with Crippen LogP contribution in [0.1, 0.15) is 23.7 Å². The molecule has 0 amide bonds. The highest BCUT2D eigenvalue weighted by Gasteiger charge is 2.04. The molecule has 0 atom stereocenters. The van der Waals surface area contributed by atoms with E-state index in [1.165, 1.54) is 0 Å². The number of carbonyl (C=O) groups is 1. The van der Waals surface area contributed by atoms with Gasteiger partial charge >= 0.3 is 0 Å². The summed E-state index contributed by atoms with van der Waals surface area (Å²) in [5.41, 5.74) is 6.92. The van der Waals surface area contributed by atoms with E-state index in [9.17, 15) is 4.79 Å². The van der Waals surface area contributed by atoms with Crippen LogP contribution in [0, 0.1) is 0 Å². The number of nitrogens with two attached hydrogens (primary N) is 1. The van der Waals surface area contributed by atoms with Crippen molar-refractivity contribution in [1.29, 1.82) is 0 Å². The average Bonchev–Trinajstić information content (AvgIpc) is 2.34. The van der Waals surface area contributed by atoms with Crippen molar-refractivity contribution in [1.82, 2.24) is 5.32 Å². The Kier molecular flexibility index (Phi) is 6.29. The van der Waals surface area contributed by atoms with Gasteiger partial charge in [0.1, 0.15) is 0 Å². The molecule has 0 radical (unpaired) electrons. The van der Waals surface area contributed by atoms with Crippen LogP contribution in [0.3, 0.4) is 0 Å². The first-order chi connectivity index (χ1) is 8.24. The molecule has 0 saturated heterocycles. The third-order valence-corrected chi connectivity index (χ3v) is 2.36. The summed E-state index contributed by atoms with van der Waals surface area (Å²) in [7, 11) is 0. The summed E-state index contributed by atoms with van der Waals surface area (Å²) in [6, 6.07) is 6.98. The third-order valence-electron chi connectivity index (χ3n) is 2.36. The molecular weight excluding hydrogens is 216 g/mol. The molecule has 0 unspecified atom stereocenters. The van der Waals surface area contributed by atoms with Crippen molar-refractivity contribution >= 4 is 11.5 Å². The van der Waals surface area contributed by atoms with E-state index in [2.05, 4.69) is 5.32 Å². The Morgan fingerprint density at radius 3 is 2.71 bits per heavy atom. The number of benzene rings is 1. The monoisotopic (exact) mass is 236 g/mol. The normalized spacial score (nSPS) is 10.4. The van der Waals surface area contributed by atoms with E-state index in [4.69, 9.17) is 10.5 Å². The Morgan fingerprint density at radius 2 is 2.06 bits per heavy atom. The number of anilines is 1. The van der Waals surface area contributed by atoms with Crippen molar-refractivity contribution in [2.24, 2.45) is 0 Å². The Morgan fingerprint density at radius 1 is 1.35 bits per heavy atom. The maximum absolute atomic E-state index is 11.7. The van der Waals surface area contributed by atoms with E-state index >= 15 is 0 Å². The summed E-state index contributed by atoms with van der Waals surface area (Å²) in [5.74, 6) is 0.0846. The highest BCUT2D eigenvalue weighted by atomic mass is 16.5. The van der Waals surface area contributed by atoms with Crippen LogP contribution in [-0.4, -0.2) is 32.1 Å². The van der Waals surface area contributed by atoms with E-state index in [1.54, 1.807) is 24.3 Å². The zero-order valence-electron chi connectivity index (χ0n) is 10.2. The number of rotatable bonds is 8. The Balaban J connectivity index is 2.19. The lowest BCUT2D eigenvalue weighted by Gasteiger charge is -2.04. The molecule has 1 rings (SSSR count). The molecule has 0 heterocycles. The van der Waals surface area contributed by atoms with Crippen LogP contribution < -0.4 is 11.1 Å². The van der Waals surface area contributed by atoms with Crippen LogP contribution in [0.2, 0.25) is 0 Å². The highest BCUT2D eigenvalue weighted by Crippen LogP contribution is 2.05. The van der Waals surface area contributed by atoms with Crippen molar-refractivity contribution < 1.29 is 9.53 Å². The Bertz CT molecular complexity index is 336. The number of ketones is 1. The van der Waals surface area contributed by atoms with Crippen molar-refractivity contribution in [3.63, 3.8) is 0 Å². The number of hydrogen-bond acceptors (Lipinski definition) is 4. The van der Waals surface area contributed by atoms with Gasteiger partial charge in [0.15, 0.2) is 5.78 Å². The topological polar surface area (TPSA) is 64.3 Å². The maximum atomic E-state index is 11.7. The summed E-state index contributed by atoms with van der Waals surface area (Å²) in [6.45, 7) is 4.60. The molecule has 0 aliphatic heterocycles. The van der Waals surface area contributed by atoms with E-state index < -0.39 is 0 Å². The van der Waals surface area contributed by atoms with E-state index in [0.717, 1.165) is 26.2 Å². The molecule has 0 aromatic heterocycles. The molecule has 3 N–H and O–H groups in total. The maximum Gasteiger partial charge on any atom is 0.176 e. The molecule has 94 valence electrons. The minimum atomic E-state index is 0.0846. The van der Waals surface area contributed by atoms with Gasteiger partial charge in [-0.15, -0.1) is 0 Å². The first-order valence-electron chi connectivity index (χ1n) is 5.91. The van der Waals surface area contributed by atoms with Crippen LogP contribution in [0.5, 0.6) is 0 Å². The fraction of sp³-hybridized carbons (Fsp3) is 0.462. The molecule has 17 heavy (non-hydrogen) atoms. The van der Waals surface area contributed by atoms with Gasteiger partial charge in [-0.2, -0.15) is 0 Å². The Hall–Kier alpha value is -1.39. The minimum Gasteiger partial charge on any atom is -0.399 e. The molecule has 0 aliphatic carbocycles. The van der Waals surface area contributed by atoms with Gasteiger partial charge in [0, 0.05) is 24.5 Å². The zero-order chi connectivity index (χ0) is 12.5. The van der Waals surface area contributed by atoms with Gasteiger partial charge in [-0.1, -0.05) is 0 Å². The first-order valence-corrected chi connectivity index (χ1v) is 5.91. The van der Waals surface area contributed by atoms with Crippen LogP contribution in [0.15, 0.2) is 24.3 Å². The summed E-state index contributed by atoms with van der Waals surface area (Å²) in [6.07, 6.45) is 0.920. The van der Waals surface area contributed by atoms with E-state index in [-0.39, 0.29) is 5.78 Å². The Labute approximate surface area is 102 Å². The fourth-order valence-corrected chi connectivity index (χ4v) is 1.42. The number of nitrogens with one attached hydrogen (secondary N) is 1. The van der Waals surface area contributed by atoms with Crippen LogP contribution >= 0.6 is 0 Å². The van der Waals surface area contributed by atoms with Gasteiger partial charge in [0.25, 0.3) is 0 Å². The third kappa shape index (κ3) is 5.47. The van der Waals surface area contributed by atoms with Crippen molar-refractivity contribution in [2.45, 2.75) is 13.3 Å². The van der Waals surface area contributed by atoms with Gasteiger partial charge in [-0.05, 0) is 44.2 Å². The zero-order valence-corrected chi connectivity index (χ0v) is 10.2. The molecule has 1 aromatic carbocycles. The number of hydrogen-bond donors (Lipinski definition) is 2. The predicted molar refractivity (Wildman–Crippen MR) is 69.2 cm³/mol. The molecule has 0 saturated carbocycles. The van der Waals surface area contributed by atoms with E-state index in [1.807, 2.05) is 6.92 Å². The molecule has 1 aromatic rings. The van der Waals surface area contributed by atoms with Crippen molar-refractivity contribution in [2.75, 3.05) is 32.0 Å². The van der Waals surface area contributed by atoms with Gasteiger partial charge in [-0.25, -0.2) is 0 Å². The molecule has 0 spiro atoms. The number of Topliss-reactive ketones (excluding diaryl/α,β-unsaturated/α-hetero) is 1. The second-order valence-electron chi connectivity index (χ2n) is 3.77. The lowest BCUT2D eigenvalue weighted by atomic mass is 10.1. The quantitative estimate of drug-likeness (QED) is 0.407. The summed E-state index contributed by atoms with van der Waals surface area (Å²) in [4.78, 5) is 11.7. The SMILES string of the molecule is CCOCCCNCC(=O)c1ccc(N)cc1. The molecule has 4 nitrogen and oxygen atoms in total. The van der Waals surface area contributed by atoms with Gasteiger partial charge in [0.2, 0.25) is 0 Å². The molecule has 0 fully saturated rings. The molecule has 0 aliphatic rings.